The Morgan fingerprint density at radius 2 is 1.96 bits per heavy atom. The number of para-hydroxylation sites is 1. The summed E-state index contributed by atoms with van der Waals surface area (Å²) >= 11 is 0. The van der Waals surface area contributed by atoms with Gasteiger partial charge in [-0.2, -0.15) is 10.1 Å². The van der Waals surface area contributed by atoms with Crippen LogP contribution in [0.15, 0.2) is 30.5 Å². The molecule has 0 saturated carbocycles. The van der Waals surface area contributed by atoms with E-state index in [1.165, 1.54) is 5.56 Å². The van der Waals surface area contributed by atoms with Crippen molar-refractivity contribution in [1.82, 2.24) is 15.2 Å². The third kappa shape index (κ3) is 4.45. The third-order valence-electron chi connectivity index (χ3n) is 4.12. The van der Waals surface area contributed by atoms with Crippen LogP contribution >= 0.6 is 0 Å². The average molecular weight is 361 g/mol. The van der Waals surface area contributed by atoms with E-state index in [1.54, 1.807) is 6.20 Å². The summed E-state index contributed by atoms with van der Waals surface area (Å²) in [5, 5.41) is 14.3. The van der Waals surface area contributed by atoms with Gasteiger partial charge in [0, 0.05) is 11.7 Å². The van der Waals surface area contributed by atoms with Crippen molar-refractivity contribution in [3.05, 3.63) is 36.0 Å². The molecule has 1 unspecified atom stereocenters. The van der Waals surface area contributed by atoms with Gasteiger partial charge in [0.25, 0.3) is 0 Å². The Balaban J connectivity index is 1.77. The molecular formula is C17H23N5O2S. The minimum absolute atomic E-state index is 0.0106. The topological polar surface area (TPSA) is 96.9 Å². The molecule has 0 bridgehead atoms. The predicted octanol–water partition coefficient (Wildman–Crippen LogP) is 2.51. The van der Waals surface area contributed by atoms with Crippen LogP contribution in [0, 0.1) is 0 Å². The maximum absolute atomic E-state index is 11.6. The Bertz CT molecular complexity index is 861. The van der Waals surface area contributed by atoms with Crippen molar-refractivity contribution in [1.29, 1.82) is 0 Å². The summed E-state index contributed by atoms with van der Waals surface area (Å²) in [7, 11) is -2.95. The summed E-state index contributed by atoms with van der Waals surface area (Å²) in [4.78, 5) is 4.41. The second kappa shape index (κ2) is 6.59. The van der Waals surface area contributed by atoms with Gasteiger partial charge in [-0.3, -0.25) is 0 Å². The number of rotatable bonds is 4. The highest BCUT2D eigenvalue weighted by Gasteiger charge is 2.28. The van der Waals surface area contributed by atoms with Crippen LogP contribution in [0.4, 0.5) is 17.5 Å². The molecule has 0 aliphatic carbocycles. The van der Waals surface area contributed by atoms with Gasteiger partial charge in [-0.25, -0.2) is 8.42 Å². The van der Waals surface area contributed by atoms with Gasteiger partial charge in [0.05, 0.1) is 17.7 Å². The first-order valence-electron chi connectivity index (χ1n) is 8.26. The van der Waals surface area contributed by atoms with E-state index in [4.69, 9.17) is 0 Å². The minimum Gasteiger partial charge on any atom is -0.349 e. The van der Waals surface area contributed by atoms with Crippen molar-refractivity contribution in [3.63, 3.8) is 0 Å². The molecule has 1 aliphatic rings. The van der Waals surface area contributed by atoms with Gasteiger partial charge < -0.3 is 10.6 Å². The van der Waals surface area contributed by atoms with Crippen LogP contribution in [-0.4, -0.2) is 41.1 Å². The Hall–Kier alpha value is -2.22. The summed E-state index contributed by atoms with van der Waals surface area (Å²) in [6.45, 7) is 6.46. The van der Waals surface area contributed by atoms with Crippen LogP contribution in [0.2, 0.25) is 0 Å². The molecule has 7 nitrogen and oxygen atoms in total. The number of aromatic nitrogens is 3. The van der Waals surface area contributed by atoms with E-state index in [0.29, 0.717) is 18.2 Å². The average Bonchev–Trinajstić information content (AvgIpc) is 2.86. The molecule has 1 atom stereocenters. The van der Waals surface area contributed by atoms with E-state index < -0.39 is 9.84 Å². The van der Waals surface area contributed by atoms with Crippen molar-refractivity contribution >= 4 is 27.3 Å². The lowest BCUT2D eigenvalue weighted by Gasteiger charge is -2.23. The van der Waals surface area contributed by atoms with Crippen molar-refractivity contribution in [2.45, 2.75) is 38.6 Å². The third-order valence-corrected chi connectivity index (χ3v) is 5.89. The molecule has 0 amide bonds. The largest absolute Gasteiger partial charge is 0.349 e. The zero-order valence-corrected chi connectivity index (χ0v) is 15.5. The lowest BCUT2D eigenvalue weighted by atomic mass is 9.86. The highest BCUT2D eigenvalue weighted by Crippen LogP contribution is 2.30. The van der Waals surface area contributed by atoms with Crippen LogP contribution in [0.3, 0.4) is 0 Å². The molecule has 0 spiro atoms. The zero-order valence-electron chi connectivity index (χ0n) is 14.7. The lowest BCUT2D eigenvalue weighted by Crippen LogP contribution is -2.22. The summed E-state index contributed by atoms with van der Waals surface area (Å²) in [6, 6.07) is 7.90. The molecule has 1 fully saturated rings. The molecule has 25 heavy (non-hydrogen) atoms. The van der Waals surface area contributed by atoms with E-state index in [9.17, 15) is 8.42 Å². The molecule has 1 aromatic heterocycles. The van der Waals surface area contributed by atoms with Crippen LogP contribution in [-0.2, 0) is 15.3 Å². The molecule has 2 aromatic rings. The fourth-order valence-corrected chi connectivity index (χ4v) is 4.57. The van der Waals surface area contributed by atoms with Gasteiger partial charge >= 0.3 is 0 Å². The number of benzene rings is 1. The Kier molecular flexibility index (Phi) is 4.64. The summed E-state index contributed by atoms with van der Waals surface area (Å²) in [5.41, 5.74) is 2.12. The fraction of sp³-hybridized carbons (Fsp3) is 0.471. The standard InChI is InChI=1S/C17H23N5O2S/c1-17(2,3)13-6-4-5-7-14(13)20-15-10-18-22-16(21-15)19-12-8-9-25(23,24)11-12/h4-7,10,12H,8-9,11H2,1-3H3,(H2,19,20,21,22). The van der Waals surface area contributed by atoms with Gasteiger partial charge in [0.2, 0.25) is 5.95 Å². The Labute approximate surface area is 148 Å². The highest BCUT2D eigenvalue weighted by atomic mass is 32.2. The Morgan fingerprint density at radius 1 is 1.20 bits per heavy atom. The van der Waals surface area contributed by atoms with Gasteiger partial charge in [-0.15, -0.1) is 5.10 Å². The molecule has 1 saturated heterocycles. The second-order valence-electron chi connectivity index (χ2n) is 7.33. The molecule has 2 N–H and O–H groups in total. The second-order valence-corrected chi connectivity index (χ2v) is 9.56. The number of anilines is 3. The molecule has 1 aliphatic heterocycles. The number of nitrogens with one attached hydrogen (secondary N) is 2. The maximum Gasteiger partial charge on any atom is 0.244 e. The van der Waals surface area contributed by atoms with E-state index in [1.807, 2.05) is 18.2 Å². The fourth-order valence-electron chi connectivity index (χ4n) is 2.90. The molecule has 134 valence electrons. The quantitative estimate of drug-likeness (QED) is 0.863. The van der Waals surface area contributed by atoms with Gasteiger partial charge in [0.15, 0.2) is 15.7 Å². The van der Waals surface area contributed by atoms with Crippen molar-refractivity contribution < 1.29 is 8.42 Å². The number of hydrogen-bond donors (Lipinski definition) is 2. The molecule has 1 aromatic carbocycles. The summed E-state index contributed by atoms with van der Waals surface area (Å²) in [5.74, 6) is 1.21. The van der Waals surface area contributed by atoms with E-state index in [2.05, 4.69) is 52.7 Å². The monoisotopic (exact) mass is 361 g/mol. The van der Waals surface area contributed by atoms with Gasteiger partial charge in [-0.05, 0) is 23.5 Å². The SMILES string of the molecule is CC(C)(C)c1ccccc1Nc1cnnc(NC2CCS(=O)(=O)C2)n1. The maximum atomic E-state index is 11.6. The first-order valence-corrected chi connectivity index (χ1v) is 10.1. The van der Waals surface area contributed by atoms with Crippen molar-refractivity contribution in [3.8, 4) is 0 Å². The Morgan fingerprint density at radius 3 is 2.64 bits per heavy atom. The van der Waals surface area contributed by atoms with E-state index in [0.717, 1.165) is 5.69 Å². The summed E-state index contributed by atoms with van der Waals surface area (Å²) < 4.78 is 23.1. The van der Waals surface area contributed by atoms with Crippen molar-refractivity contribution in [2.75, 3.05) is 22.1 Å². The van der Waals surface area contributed by atoms with Crippen LogP contribution < -0.4 is 10.6 Å². The number of hydrogen-bond acceptors (Lipinski definition) is 7. The number of sulfone groups is 1. The molecular weight excluding hydrogens is 338 g/mol. The van der Waals surface area contributed by atoms with Crippen LogP contribution in [0.25, 0.3) is 0 Å². The van der Waals surface area contributed by atoms with Gasteiger partial charge in [0.1, 0.15) is 0 Å². The van der Waals surface area contributed by atoms with Crippen LogP contribution in [0.1, 0.15) is 32.8 Å². The van der Waals surface area contributed by atoms with E-state index >= 15 is 0 Å². The molecule has 2 heterocycles. The highest BCUT2D eigenvalue weighted by molar-refractivity contribution is 7.91. The molecule has 3 rings (SSSR count). The minimum atomic E-state index is -2.95. The van der Waals surface area contributed by atoms with Crippen molar-refractivity contribution in [2.24, 2.45) is 0 Å². The molecule has 8 heteroatoms. The summed E-state index contributed by atoms with van der Waals surface area (Å²) in [6.07, 6.45) is 2.12. The van der Waals surface area contributed by atoms with E-state index in [-0.39, 0.29) is 23.0 Å². The van der Waals surface area contributed by atoms with Gasteiger partial charge in [-0.1, -0.05) is 39.0 Å². The smallest absolute Gasteiger partial charge is 0.244 e. The predicted molar refractivity (Wildman–Crippen MR) is 98.9 cm³/mol. The van der Waals surface area contributed by atoms with Crippen LogP contribution in [0.5, 0.6) is 0 Å². The first-order chi connectivity index (χ1) is 11.7. The number of nitrogens with zero attached hydrogens (tertiary/aromatic N) is 3. The normalized spacial score (nSPS) is 19.6. The zero-order chi connectivity index (χ0) is 18.1. The first kappa shape index (κ1) is 17.6. The lowest BCUT2D eigenvalue weighted by molar-refractivity contribution is 0.592. The molecule has 0 radical (unpaired) electrons.